The highest BCUT2D eigenvalue weighted by molar-refractivity contribution is 7.19. The highest BCUT2D eigenvalue weighted by atomic mass is 35.5. The first kappa shape index (κ1) is 20.6. The van der Waals surface area contributed by atoms with Crippen molar-refractivity contribution in [2.24, 2.45) is 0 Å². The van der Waals surface area contributed by atoms with Crippen LogP contribution in [0.1, 0.15) is 39.5 Å². The van der Waals surface area contributed by atoms with Crippen molar-refractivity contribution in [3.05, 3.63) is 45.7 Å². The summed E-state index contributed by atoms with van der Waals surface area (Å²) in [4.78, 5) is 27.1. The fraction of sp³-hybridized carbons (Fsp3) is 0.368. The number of nitrogens with zero attached hydrogens (tertiary/aromatic N) is 4. The van der Waals surface area contributed by atoms with Crippen LogP contribution >= 0.6 is 22.9 Å². The lowest BCUT2D eigenvalue weighted by molar-refractivity contribution is 0.0623. The predicted octanol–water partition coefficient (Wildman–Crippen LogP) is 3.25. The number of hydrogen-bond acceptors (Lipinski definition) is 7. The number of carbonyl (C=O) groups excluding carboxylic acids is 1. The van der Waals surface area contributed by atoms with Crippen LogP contribution < -0.4 is 0 Å². The highest BCUT2D eigenvalue weighted by Crippen LogP contribution is 2.31. The van der Waals surface area contributed by atoms with E-state index in [1.165, 1.54) is 22.1 Å². The first-order valence-corrected chi connectivity index (χ1v) is 10.5. The Morgan fingerprint density at radius 1 is 1.40 bits per heavy atom. The van der Waals surface area contributed by atoms with Gasteiger partial charge in [-0.3, -0.25) is 9.48 Å². The zero-order valence-corrected chi connectivity index (χ0v) is 17.6. The van der Waals surface area contributed by atoms with Crippen molar-refractivity contribution in [1.29, 1.82) is 0 Å². The summed E-state index contributed by atoms with van der Waals surface area (Å²) in [5.41, 5.74) is 0.478. The Labute approximate surface area is 180 Å². The number of amides is 1. The molecule has 0 unspecified atom stereocenters. The lowest BCUT2D eigenvalue weighted by atomic mass is 10.2. The standard InChI is InChI=1S/C19H19ClN4O5S/c1-28-10-12-3-2-6-23(12)18(25)13-8-14(19(26)27)24(21-13)9-11-7-15(29-22-11)16-4-5-17(20)30-16/h4-5,7-8,12H,2-3,6,9-10H2,1H3,(H,26,27)/t12-/m0/s1. The number of ether oxygens (including phenoxy) is 1. The third-order valence-corrected chi connectivity index (χ3v) is 6.15. The Hall–Kier alpha value is -2.69. The molecule has 1 atom stereocenters. The molecular formula is C19H19ClN4O5S. The minimum atomic E-state index is -1.18. The Morgan fingerprint density at radius 3 is 2.93 bits per heavy atom. The van der Waals surface area contributed by atoms with Crippen molar-refractivity contribution in [2.75, 3.05) is 20.3 Å². The summed E-state index contributed by atoms with van der Waals surface area (Å²) in [5, 5.41) is 17.8. The van der Waals surface area contributed by atoms with Crippen LogP contribution in [0.5, 0.6) is 0 Å². The molecule has 30 heavy (non-hydrogen) atoms. The third-order valence-electron chi connectivity index (χ3n) is 4.90. The van der Waals surface area contributed by atoms with Gasteiger partial charge in [0.05, 0.1) is 28.4 Å². The van der Waals surface area contributed by atoms with E-state index in [1.807, 2.05) is 6.07 Å². The molecule has 1 fully saturated rings. The van der Waals surface area contributed by atoms with E-state index in [4.69, 9.17) is 20.9 Å². The van der Waals surface area contributed by atoms with E-state index in [2.05, 4.69) is 10.3 Å². The lowest BCUT2D eigenvalue weighted by Crippen LogP contribution is -2.38. The zero-order chi connectivity index (χ0) is 21.3. The molecule has 3 aromatic heterocycles. The molecular weight excluding hydrogens is 432 g/mol. The number of thiophene rings is 1. The van der Waals surface area contributed by atoms with Crippen molar-refractivity contribution in [2.45, 2.75) is 25.4 Å². The van der Waals surface area contributed by atoms with Gasteiger partial charge in [-0.1, -0.05) is 16.8 Å². The van der Waals surface area contributed by atoms with Crippen LogP contribution in [0.15, 0.2) is 28.8 Å². The summed E-state index contributed by atoms with van der Waals surface area (Å²) in [6, 6.07) is 6.54. The molecule has 4 rings (SSSR count). The molecule has 1 aliphatic rings. The number of halogens is 1. The number of aromatic nitrogens is 3. The number of carbonyl (C=O) groups is 2. The van der Waals surface area contributed by atoms with E-state index in [-0.39, 0.29) is 29.9 Å². The fourth-order valence-corrected chi connectivity index (χ4v) is 4.52. The van der Waals surface area contributed by atoms with E-state index in [9.17, 15) is 14.7 Å². The van der Waals surface area contributed by atoms with Crippen LogP contribution in [0.2, 0.25) is 4.34 Å². The maximum absolute atomic E-state index is 12.9. The topological polar surface area (TPSA) is 111 Å². The van der Waals surface area contributed by atoms with Crippen molar-refractivity contribution in [3.63, 3.8) is 0 Å². The van der Waals surface area contributed by atoms with E-state index in [0.717, 1.165) is 17.7 Å². The number of methoxy groups -OCH3 is 1. The average molecular weight is 451 g/mol. The van der Waals surface area contributed by atoms with Gasteiger partial charge in [-0.2, -0.15) is 5.10 Å². The smallest absolute Gasteiger partial charge is 0.354 e. The monoisotopic (exact) mass is 450 g/mol. The fourth-order valence-electron chi connectivity index (χ4n) is 3.53. The lowest BCUT2D eigenvalue weighted by Gasteiger charge is -2.23. The minimum absolute atomic E-state index is 0.0309. The summed E-state index contributed by atoms with van der Waals surface area (Å²) in [5.74, 6) is -0.947. The van der Waals surface area contributed by atoms with Gasteiger partial charge in [0.25, 0.3) is 5.91 Å². The molecule has 1 amide bonds. The van der Waals surface area contributed by atoms with E-state index in [1.54, 1.807) is 24.1 Å². The second-order valence-electron chi connectivity index (χ2n) is 6.91. The quantitative estimate of drug-likeness (QED) is 0.588. The third kappa shape index (κ3) is 4.11. The highest BCUT2D eigenvalue weighted by Gasteiger charge is 2.31. The van der Waals surface area contributed by atoms with Crippen LogP contribution in [0, 0.1) is 0 Å². The Kier molecular flexibility index (Phi) is 5.89. The number of aromatic carboxylic acids is 1. The Balaban J connectivity index is 1.57. The van der Waals surface area contributed by atoms with Crippen LogP contribution in [0.4, 0.5) is 0 Å². The largest absolute Gasteiger partial charge is 0.477 e. The summed E-state index contributed by atoms with van der Waals surface area (Å²) >= 11 is 7.30. The number of likely N-dealkylation sites (tertiary alicyclic amines) is 1. The second kappa shape index (κ2) is 8.58. The maximum atomic E-state index is 12.9. The zero-order valence-electron chi connectivity index (χ0n) is 16.1. The van der Waals surface area contributed by atoms with Crippen LogP contribution in [0.3, 0.4) is 0 Å². The number of rotatable bonds is 7. The van der Waals surface area contributed by atoms with E-state index >= 15 is 0 Å². The molecule has 0 aliphatic carbocycles. The summed E-state index contributed by atoms with van der Waals surface area (Å²) in [6.07, 6.45) is 1.72. The van der Waals surface area contributed by atoms with Crippen molar-refractivity contribution >= 4 is 34.8 Å². The predicted molar refractivity (Wildman–Crippen MR) is 109 cm³/mol. The van der Waals surface area contributed by atoms with Crippen molar-refractivity contribution in [1.82, 2.24) is 19.8 Å². The molecule has 9 nitrogen and oxygen atoms in total. The first-order valence-electron chi connectivity index (χ1n) is 9.28. The number of carboxylic acid groups (broad SMARTS) is 1. The van der Waals surface area contributed by atoms with Gasteiger partial charge in [0.2, 0.25) is 0 Å². The molecule has 0 radical (unpaired) electrons. The van der Waals surface area contributed by atoms with Gasteiger partial charge >= 0.3 is 5.97 Å². The molecule has 1 saturated heterocycles. The number of carboxylic acids is 1. The second-order valence-corrected chi connectivity index (χ2v) is 8.63. The molecule has 1 N–H and O–H groups in total. The van der Waals surface area contributed by atoms with Crippen molar-refractivity contribution in [3.8, 4) is 10.6 Å². The van der Waals surface area contributed by atoms with Crippen LogP contribution in [0.25, 0.3) is 10.6 Å². The molecule has 11 heteroatoms. The van der Waals surface area contributed by atoms with Crippen LogP contribution in [-0.2, 0) is 11.3 Å². The van der Waals surface area contributed by atoms with Crippen molar-refractivity contribution < 1.29 is 24.0 Å². The van der Waals surface area contributed by atoms with E-state index in [0.29, 0.717) is 28.9 Å². The average Bonchev–Trinajstić information content (AvgIpc) is 3.48. The van der Waals surface area contributed by atoms with Gasteiger partial charge in [0, 0.05) is 25.8 Å². The molecule has 158 valence electrons. The van der Waals surface area contributed by atoms with E-state index < -0.39 is 5.97 Å². The summed E-state index contributed by atoms with van der Waals surface area (Å²) in [6.45, 7) is 1.09. The minimum Gasteiger partial charge on any atom is -0.477 e. The van der Waals surface area contributed by atoms with Gasteiger partial charge in [-0.15, -0.1) is 11.3 Å². The molecule has 3 aromatic rings. The molecule has 0 spiro atoms. The van der Waals surface area contributed by atoms with Crippen LogP contribution in [-0.4, -0.2) is 63.1 Å². The SMILES string of the molecule is COC[C@@H]1CCCN1C(=O)c1cc(C(=O)O)n(Cc2cc(-c3ccc(Cl)s3)on2)n1. The molecule has 0 aromatic carbocycles. The maximum Gasteiger partial charge on any atom is 0.354 e. The van der Waals surface area contributed by atoms with Gasteiger partial charge in [-0.25, -0.2) is 4.79 Å². The molecule has 0 saturated carbocycles. The van der Waals surface area contributed by atoms with Gasteiger partial charge < -0.3 is 19.3 Å². The summed E-state index contributed by atoms with van der Waals surface area (Å²) in [7, 11) is 1.59. The van der Waals surface area contributed by atoms with Gasteiger partial charge in [0.15, 0.2) is 11.5 Å². The molecule has 0 bridgehead atoms. The Bertz CT molecular complexity index is 1070. The molecule has 1 aliphatic heterocycles. The first-order chi connectivity index (χ1) is 14.5. The number of hydrogen-bond donors (Lipinski definition) is 1. The van der Waals surface area contributed by atoms with Gasteiger partial charge in [0.1, 0.15) is 11.4 Å². The molecule has 4 heterocycles. The normalized spacial score (nSPS) is 16.3. The summed E-state index contributed by atoms with van der Waals surface area (Å²) < 4.78 is 12.4. The Morgan fingerprint density at radius 2 is 2.23 bits per heavy atom. The van der Waals surface area contributed by atoms with Gasteiger partial charge in [-0.05, 0) is 25.0 Å².